The van der Waals surface area contributed by atoms with E-state index < -0.39 is 0 Å². The molecule has 2 aromatic carbocycles. The van der Waals surface area contributed by atoms with Gasteiger partial charge in [-0.25, -0.2) is 0 Å². The summed E-state index contributed by atoms with van der Waals surface area (Å²) in [6, 6.07) is 15.9. The Morgan fingerprint density at radius 3 is 2.75 bits per heavy atom. The standard InChI is InChI=1S/C18H24N2/c1-2-20-12-5-8-17(11-13-20)19-18-10-9-15-6-3-4-7-16(15)14-18/h3-4,6-7,9-10,14,17,19H,2,5,8,11-13H2,1H3. The molecule has 2 heteroatoms. The third kappa shape index (κ3) is 3.13. The molecule has 0 saturated carbocycles. The Morgan fingerprint density at radius 1 is 1.05 bits per heavy atom. The maximum atomic E-state index is 3.73. The minimum atomic E-state index is 0.618. The third-order valence-electron chi connectivity index (χ3n) is 4.39. The van der Waals surface area contributed by atoms with Gasteiger partial charge in [-0.1, -0.05) is 37.3 Å². The highest BCUT2D eigenvalue weighted by molar-refractivity contribution is 5.85. The highest BCUT2D eigenvalue weighted by Gasteiger charge is 2.15. The number of rotatable bonds is 3. The summed E-state index contributed by atoms with van der Waals surface area (Å²) in [5, 5.41) is 6.37. The first-order valence-electron chi connectivity index (χ1n) is 7.83. The first-order chi connectivity index (χ1) is 9.85. The molecule has 1 aliphatic rings. The zero-order valence-electron chi connectivity index (χ0n) is 12.3. The van der Waals surface area contributed by atoms with Crippen LogP contribution in [0.3, 0.4) is 0 Å². The van der Waals surface area contributed by atoms with Gasteiger partial charge < -0.3 is 10.2 Å². The molecule has 0 aromatic heterocycles. The Balaban J connectivity index is 1.69. The summed E-state index contributed by atoms with van der Waals surface area (Å²) >= 11 is 0. The maximum absolute atomic E-state index is 3.73. The molecular weight excluding hydrogens is 244 g/mol. The van der Waals surface area contributed by atoms with Crippen molar-refractivity contribution in [1.29, 1.82) is 0 Å². The van der Waals surface area contributed by atoms with E-state index in [2.05, 4.69) is 59.6 Å². The van der Waals surface area contributed by atoms with Crippen molar-refractivity contribution >= 4 is 16.5 Å². The number of hydrogen-bond donors (Lipinski definition) is 1. The molecule has 0 aliphatic carbocycles. The van der Waals surface area contributed by atoms with Crippen molar-refractivity contribution in [1.82, 2.24) is 4.90 Å². The van der Waals surface area contributed by atoms with Crippen molar-refractivity contribution in [2.45, 2.75) is 32.2 Å². The van der Waals surface area contributed by atoms with Gasteiger partial charge in [0.05, 0.1) is 0 Å². The van der Waals surface area contributed by atoms with E-state index in [0.29, 0.717) is 6.04 Å². The van der Waals surface area contributed by atoms with Gasteiger partial charge in [-0.05, 0) is 55.3 Å². The molecule has 1 atom stereocenters. The van der Waals surface area contributed by atoms with Crippen LogP contribution in [-0.4, -0.2) is 30.6 Å². The molecule has 0 bridgehead atoms. The van der Waals surface area contributed by atoms with Crippen LogP contribution in [0.5, 0.6) is 0 Å². The average molecular weight is 268 g/mol. The molecule has 1 aliphatic heterocycles. The summed E-state index contributed by atoms with van der Waals surface area (Å²) in [5.41, 5.74) is 1.26. The van der Waals surface area contributed by atoms with E-state index in [1.807, 2.05) is 0 Å². The zero-order chi connectivity index (χ0) is 13.8. The lowest BCUT2D eigenvalue weighted by atomic mass is 10.1. The summed E-state index contributed by atoms with van der Waals surface area (Å²) in [7, 11) is 0. The lowest BCUT2D eigenvalue weighted by Crippen LogP contribution is -2.26. The molecule has 106 valence electrons. The molecule has 0 amide bonds. The van der Waals surface area contributed by atoms with Crippen LogP contribution >= 0.6 is 0 Å². The Bertz CT molecular complexity index is 564. The quantitative estimate of drug-likeness (QED) is 0.900. The van der Waals surface area contributed by atoms with E-state index in [-0.39, 0.29) is 0 Å². The van der Waals surface area contributed by atoms with Crippen LogP contribution in [0.15, 0.2) is 42.5 Å². The molecule has 1 unspecified atom stereocenters. The van der Waals surface area contributed by atoms with E-state index in [1.165, 1.54) is 55.4 Å². The Hall–Kier alpha value is -1.54. The molecule has 2 aromatic rings. The van der Waals surface area contributed by atoms with Crippen LogP contribution in [0.2, 0.25) is 0 Å². The van der Waals surface area contributed by atoms with Gasteiger partial charge in [0.15, 0.2) is 0 Å². The van der Waals surface area contributed by atoms with Gasteiger partial charge in [-0.3, -0.25) is 0 Å². The molecule has 1 saturated heterocycles. The number of anilines is 1. The van der Waals surface area contributed by atoms with Crippen molar-refractivity contribution in [2.75, 3.05) is 25.0 Å². The van der Waals surface area contributed by atoms with Gasteiger partial charge in [-0.2, -0.15) is 0 Å². The van der Waals surface area contributed by atoms with Gasteiger partial charge in [0.1, 0.15) is 0 Å². The van der Waals surface area contributed by atoms with Crippen LogP contribution in [0.1, 0.15) is 26.2 Å². The molecule has 0 radical (unpaired) electrons. The Kier molecular flexibility index (Phi) is 4.22. The van der Waals surface area contributed by atoms with E-state index >= 15 is 0 Å². The topological polar surface area (TPSA) is 15.3 Å². The molecule has 1 fully saturated rings. The largest absolute Gasteiger partial charge is 0.382 e. The summed E-state index contributed by atoms with van der Waals surface area (Å²) < 4.78 is 0. The molecule has 20 heavy (non-hydrogen) atoms. The lowest BCUT2D eigenvalue weighted by molar-refractivity contribution is 0.300. The second kappa shape index (κ2) is 6.27. The lowest BCUT2D eigenvalue weighted by Gasteiger charge is -2.19. The average Bonchev–Trinajstić information content (AvgIpc) is 2.72. The third-order valence-corrected chi connectivity index (χ3v) is 4.39. The smallest absolute Gasteiger partial charge is 0.0348 e. The number of hydrogen-bond acceptors (Lipinski definition) is 2. The maximum Gasteiger partial charge on any atom is 0.0348 e. The minimum Gasteiger partial charge on any atom is -0.382 e. The molecule has 2 nitrogen and oxygen atoms in total. The van der Waals surface area contributed by atoms with Crippen molar-refractivity contribution in [3.05, 3.63) is 42.5 Å². The zero-order valence-corrected chi connectivity index (χ0v) is 12.3. The fourth-order valence-corrected chi connectivity index (χ4v) is 3.13. The van der Waals surface area contributed by atoms with E-state index in [4.69, 9.17) is 0 Å². The molecule has 0 spiro atoms. The summed E-state index contributed by atoms with van der Waals surface area (Å²) in [6.07, 6.45) is 3.84. The number of nitrogens with one attached hydrogen (secondary N) is 1. The Labute approximate surface area is 121 Å². The van der Waals surface area contributed by atoms with Gasteiger partial charge in [0.2, 0.25) is 0 Å². The first kappa shape index (κ1) is 13.4. The molecular formula is C18H24N2. The van der Waals surface area contributed by atoms with Crippen LogP contribution in [0, 0.1) is 0 Å². The molecule has 3 rings (SSSR count). The normalized spacial score (nSPS) is 20.8. The van der Waals surface area contributed by atoms with Gasteiger partial charge in [0.25, 0.3) is 0 Å². The SMILES string of the molecule is CCN1CCCC(Nc2ccc3ccccc3c2)CC1. The van der Waals surface area contributed by atoms with Crippen molar-refractivity contribution in [2.24, 2.45) is 0 Å². The number of likely N-dealkylation sites (tertiary alicyclic amines) is 1. The molecule has 1 heterocycles. The summed E-state index contributed by atoms with van der Waals surface area (Å²) in [6.45, 7) is 5.92. The number of benzene rings is 2. The van der Waals surface area contributed by atoms with Crippen LogP contribution in [0.25, 0.3) is 10.8 Å². The predicted molar refractivity (Wildman–Crippen MR) is 87.3 cm³/mol. The van der Waals surface area contributed by atoms with Gasteiger partial charge >= 0.3 is 0 Å². The summed E-state index contributed by atoms with van der Waals surface area (Å²) in [4.78, 5) is 2.56. The van der Waals surface area contributed by atoms with Crippen molar-refractivity contribution < 1.29 is 0 Å². The fourth-order valence-electron chi connectivity index (χ4n) is 3.13. The van der Waals surface area contributed by atoms with Crippen LogP contribution in [0.4, 0.5) is 5.69 Å². The van der Waals surface area contributed by atoms with Crippen molar-refractivity contribution in [3.8, 4) is 0 Å². The van der Waals surface area contributed by atoms with Crippen LogP contribution in [-0.2, 0) is 0 Å². The van der Waals surface area contributed by atoms with E-state index in [0.717, 1.165) is 0 Å². The van der Waals surface area contributed by atoms with Gasteiger partial charge in [-0.15, -0.1) is 0 Å². The second-order valence-electron chi connectivity index (χ2n) is 5.77. The monoisotopic (exact) mass is 268 g/mol. The molecule has 1 N–H and O–H groups in total. The highest BCUT2D eigenvalue weighted by atomic mass is 15.1. The number of fused-ring (bicyclic) bond motifs is 1. The van der Waals surface area contributed by atoms with Gasteiger partial charge in [0, 0.05) is 18.3 Å². The Morgan fingerprint density at radius 2 is 1.90 bits per heavy atom. The highest BCUT2D eigenvalue weighted by Crippen LogP contribution is 2.21. The number of nitrogens with zero attached hydrogens (tertiary/aromatic N) is 1. The summed E-state index contributed by atoms with van der Waals surface area (Å²) in [5.74, 6) is 0. The van der Waals surface area contributed by atoms with E-state index in [9.17, 15) is 0 Å². The minimum absolute atomic E-state index is 0.618. The van der Waals surface area contributed by atoms with Crippen LogP contribution < -0.4 is 5.32 Å². The first-order valence-corrected chi connectivity index (χ1v) is 7.83. The van der Waals surface area contributed by atoms with Crippen molar-refractivity contribution in [3.63, 3.8) is 0 Å². The second-order valence-corrected chi connectivity index (χ2v) is 5.77. The predicted octanol–water partition coefficient (Wildman–Crippen LogP) is 4.13. The van der Waals surface area contributed by atoms with E-state index in [1.54, 1.807) is 0 Å². The fraction of sp³-hybridized carbons (Fsp3) is 0.444.